The highest BCUT2D eigenvalue weighted by Gasteiger charge is 2.27. The Hall–Kier alpha value is -1.93. The number of nitrogens with zero attached hydrogens (tertiary/aromatic N) is 2. The van der Waals surface area contributed by atoms with Gasteiger partial charge in [0.1, 0.15) is 4.90 Å². The maximum atomic E-state index is 13.0. The second-order valence-electron chi connectivity index (χ2n) is 7.47. The summed E-state index contributed by atoms with van der Waals surface area (Å²) in [5.74, 6) is -0.173. The number of amides is 1. The fraction of sp³-hybridized carbons (Fsp3) is 0.381. The average Bonchev–Trinajstić information content (AvgIpc) is 2.73. The van der Waals surface area contributed by atoms with E-state index in [0.29, 0.717) is 24.7 Å². The summed E-state index contributed by atoms with van der Waals surface area (Å²) in [6, 6.07) is 14.0. The molecular formula is C21H26ClN3O3S. The van der Waals surface area contributed by atoms with Crippen LogP contribution in [0.2, 0.25) is 5.02 Å². The van der Waals surface area contributed by atoms with Crippen LogP contribution in [0, 0.1) is 0 Å². The quantitative estimate of drug-likeness (QED) is 0.757. The Labute approximate surface area is 177 Å². The Balaban J connectivity index is 1.79. The van der Waals surface area contributed by atoms with Gasteiger partial charge in [-0.15, -0.1) is 0 Å². The van der Waals surface area contributed by atoms with Gasteiger partial charge in [0.05, 0.1) is 5.02 Å². The molecule has 0 radical (unpaired) electrons. The van der Waals surface area contributed by atoms with Crippen LogP contribution in [0.25, 0.3) is 0 Å². The predicted octanol–water partition coefficient (Wildman–Crippen LogP) is 2.98. The lowest BCUT2D eigenvalue weighted by Crippen LogP contribution is -2.47. The number of carbonyl (C=O) groups excluding carboxylic acids is 1. The zero-order valence-electron chi connectivity index (χ0n) is 16.6. The zero-order chi connectivity index (χ0) is 21.0. The number of hydrogen-bond acceptors (Lipinski definition) is 4. The van der Waals surface area contributed by atoms with Gasteiger partial charge in [0.25, 0.3) is 5.91 Å². The normalized spacial score (nSPS) is 17.5. The van der Waals surface area contributed by atoms with Gasteiger partial charge >= 0.3 is 0 Å². The van der Waals surface area contributed by atoms with Gasteiger partial charge in [-0.1, -0.05) is 41.9 Å². The van der Waals surface area contributed by atoms with E-state index >= 15 is 0 Å². The van der Waals surface area contributed by atoms with Gasteiger partial charge in [-0.25, -0.2) is 13.1 Å². The number of benzene rings is 2. The molecule has 3 rings (SSSR count). The maximum Gasteiger partial charge on any atom is 0.253 e. The third-order valence-electron chi connectivity index (χ3n) is 5.19. The first-order valence-corrected chi connectivity index (χ1v) is 11.4. The molecule has 0 aliphatic carbocycles. The molecule has 29 heavy (non-hydrogen) atoms. The van der Waals surface area contributed by atoms with Crippen LogP contribution in [0.4, 0.5) is 0 Å². The van der Waals surface area contributed by atoms with Gasteiger partial charge in [0.2, 0.25) is 10.0 Å². The van der Waals surface area contributed by atoms with E-state index in [-0.39, 0.29) is 22.4 Å². The minimum absolute atomic E-state index is 0.0814. The Morgan fingerprint density at radius 1 is 1.21 bits per heavy atom. The van der Waals surface area contributed by atoms with Crippen molar-refractivity contribution in [1.82, 2.24) is 14.5 Å². The smallest absolute Gasteiger partial charge is 0.253 e. The molecule has 1 fully saturated rings. The molecule has 1 aliphatic rings. The third kappa shape index (κ3) is 5.36. The summed E-state index contributed by atoms with van der Waals surface area (Å²) in [7, 11) is 0.147. The lowest BCUT2D eigenvalue weighted by Gasteiger charge is -2.36. The van der Waals surface area contributed by atoms with Crippen LogP contribution < -0.4 is 4.72 Å². The van der Waals surface area contributed by atoms with Crippen LogP contribution in [-0.4, -0.2) is 57.4 Å². The summed E-state index contributed by atoms with van der Waals surface area (Å²) in [6.07, 6.45) is 1.96. The van der Waals surface area contributed by atoms with Crippen LogP contribution in [-0.2, 0) is 16.6 Å². The summed E-state index contributed by atoms with van der Waals surface area (Å²) in [6.45, 7) is 1.44. The van der Waals surface area contributed by atoms with Crippen molar-refractivity contribution in [3.8, 4) is 0 Å². The molecule has 0 saturated carbocycles. The number of hydrogen-bond donors (Lipinski definition) is 1. The third-order valence-corrected chi connectivity index (χ3v) is 7.07. The predicted molar refractivity (Wildman–Crippen MR) is 115 cm³/mol. The largest absolute Gasteiger partial charge is 0.337 e. The van der Waals surface area contributed by atoms with Gasteiger partial charge in [-0.05, 0) is 50.7 Å². The second kappa shape index (κ2) is 9.26. The highest BCUT2D eigenvalue weighted by molar-refractivity contribution is 7.89. The number of halogens is 1. The van der Waals surface area contributed by atoms with E-state index < -0.39 is 10.0 Å². The van der Waals surface area contributed by atoms with E-state index in [0.717, 1.165) is 18.4 Å². The zero-order valence-corrected chi connectivity index (χ0v) is 18.2. The van der Waals surface area contributed by atoms with Gasteiger partial charge in [0.15, 0.2) is 0 Å². The van der Waals surface area contributed by atoms with Crippen LogP contribution in [0.1, 0.15) is 28.8 Å². The van der Waals surface area contributed by atoms with Crippen molar-refractivity contribution in [2.75, 3.05) is 27.2 Å². The number of piperidine rings is 1. The average molecular weight is 436 g/mol. The summed E-state index contributed by atoms with van der Waals surface area (Å²) in [5.41, 5.74) is 1.16. The lowest BCUT2D eigenvalue weighted by molar-refractivity contribution is 0.0635. The molecule has 0 spiro atoms. The minimum Gasteiger partial charge on any atom is -0.337 e. The topological polar surface area (TPSA) is 69.7 Å². The standard InChI is InChI=1S/C21H26ClN3O3S/c1-24(2)18-9-6-12-25(15-18)21(26)17-10-11-19(22)20(13-17)29(27,28)23-14-16-7-4-3-5-8-16/h3-5,7-8,10-11,13,18,23H,6,9,12,14-15H2,1-2H3. The molecule has 1 N–H and O–H groups in total. The summed E-state index contributed by atoms with van der Waals surface area (Å²) in [5, 5.41) is 0.0897. The summed E-state index contributed by atoms with van der Waals surface area (Å²) >= 11 is 6.17. The first kappa shape index (κ1) is 21.8. The first-order chi connectivity index (χ1) is 13.8. The number of likely N-dealkylation sites (tertiary alicyclic amines) is 1. The molecule has 0 bridgehead atoms. The SMILES string of the molecule is CN(C)C1CCCN(C(=O)c2ccc(Cl)c(S(=O)(=O)NCc3ccccc3)c2)C1. The van der Waals surface area contributed by atoms with Crippen molar-refractivity contribution >= 4 is 27.5 Å². The van der Waals surface area contributed by atoms with E-state index in [1.807, 2.05) is 44.4 Å². The van der Waals surface area contributed by atoms with Crippen LogP contribution in [0.3, 0.4) is 0 Å². The van der Waals surface area contributed by atoms with Crippen molar-refractivity contribution in [1.29, 1.82) is 0 Å². The fourth-order valence-electron chi connectivity index (χ4n) is 3.44. The molecular weight excluding hydrogens is 410 g/mol. The van der Waals surface area contributed by atoms with E-state index in [4.69, 9.17) is 11.6 Å². The molecule has 2 aromatic carbocycles. The molecule has 1 heterocycles. The second-order valence-corrected chi connectivity index (χ2v) is 9.61. The van der Waals surface area contributed by atoms with Gasteiger partial charge in [0, 0.05) is 31.2 Å². The van der Waals surface area contributed by atoms with Gasteiger partial charge in [-0.3, -0.25) is 4.79 Å². The number of sulfonamides is 1. The molecule has 0 aromatic heterocycles. The Morgan fingerprint density at radius 3 is 2.62 bits per heavy atom. The summed E-state index contributed by atoms with van der Waals surface area (Å²) in [4.78, 5) is 16.8. The van der Waals surface area contributed by atoms with Crippen molar-refractivity contribution in [3.63, 3.8) is 0 Å². The highest BCUT2D eigenvalue weighted by atomic mass is 35.5. The molecule has 2 aromatic rings. The summed E-state index contributed by atoms with van der Waals surface area (Å²) < 4.78 is 28.1. The number of likely N-dealkylation sites (N-methyl/N-ethyl adjacent to an activating group) is 1. The van der Waals surface area contributed by atoms with Gasteiger partial charge in [-0.2, -0.15) is 0 Å². The first-order valence-electron chi connectivity index (χ1n) is 9.57. The molecule has 1 amide bonds. The molecule has 1 unspecified atom stereocenters. The van der Waals surface area contributed by atoms with E-state index in [9.17, 15) is 13.2 Å². The number of nitrogens with one attached hydrogen (secondary N) is 1. The lowest BCUT2D eigenvalue weighted by atomic mass is 10.0. The van der Waals surface area contributed by atoms with Crippen molar-refractivity contribution in [2.45, 2.75) is 30.3 Å². The van der Waals surface area contributed by atoms with E-state index in [2.05, 4.69) is 9.62 Å². The molecule has 1 saturated heterocycles. The molecule has 156 valence electrons. The number of carbonyl (C=O) groups is 1. The molecule has 1 aliphatic heterocycles. The van der Waals surface area contributed by atoms with Crippen molar-refractivity contribution in [2.24, 2.45) is 0 Å². The van der Waals surface area contributed by atoms with Crippen LogP contribution >= 0.6 is 11.6 Å². The van der Waals surface area contributed by atoms with E-state index in [1.54, 1.807) is 11.0 Å². The fourth-order valence-corrected chi connectivity index (χ4v) is 4.98. The Bertz CT molecular complexity index is 964. The maximum absolute atomic E-state index is 13.0. The highest BCUT2D eigenvalue weighted by Crippen LogP contribution is 2.25. The molecule has 1 atom stereocenters. The Morgan fingerprint density at radius 2 is 1.93 bits per heavy atom. The van der Waals surface area contributed by atoms with Crippen molar-refractivity contribution in [3.05, 3.63) is 64.7 Å². The van der Waals surface area contributed by atoms with Crippen LogP contribution in [0.5, 0.6) is 0 Å². The molecule has 6 nitrogen and oxygen atoms in total. The molecule has 8 heteroatoms. The van der Waals surface area contributed by atoms with Gasteiger partial charge < -0.3 is 9.80 Å². The Kier molecular flexibility index (Phi) is 6.95. The monoisotopic (exact) mass is 435 g/mol. The van der Waals surface area contributed by atoms with Crippen LogP contribution in [0.15, 0.2) is 53.4 Å². The van der Waals surface area contributed by atoms with Crippen molar-refractivity contribution < 1.29 is 13.2 Å². The van der Waals surface area contributed by atoms with E-state index in [1.165, 1.54) is 12.1 Å². The minimum atomic E-state index is -3.86. The number of rotatable bonds is 6.